The zero-order valence-corrected chi connectivity index (χ0v) is 21.2. The predicted octanol–water partition coefficient (Wildman–Crippen LogP) is 1.89. The molecule has 0 aliphatic carbocycles. The first kappa shape index (κ1) is 25.5. The van der Waals surface area contributed by atoms with Crippen LogP contribution in [0.1, 0.15) is 17.5 Å². The number of thiophene rings is 1. The number of anilines is 1. The van der Waals surface area contributed by atoms with Crippen molar-refractivity contribution in [1.82, 2.24) is 14.9 Å². The molecule has 0 saturated carbocycles. The van der Waals surface area contributed by atoms with Crippen molar-refractivity contribution in [3.8, 4) is 6.07 Å². The maximum absolute atomic E-state index is 13.0. The molecule has 3 aromatic rings. The Labute approximate surface area is 214 Å². The van der Waals surface area contributed by atoms with Crippen LogP contribution in [0.2, 0.25) is 0 Å². The van der Waals surface area contributed by atoms with E-state index in [0.29, 0.717) is 5.69 Å². The first-order chi connectivity index (χ1) is 17.3. The molecule has 2 aromatic heterocycles. The fourth-order valence-corrected chi connectivity index (χ4v) is 4.95. The van der Waals surface area contributed by atoms with Gasteiger partial charge in [-0.05, 0) is 54.8 Å². The lowest BCUT2D eigenvalue weighted by Crippen LogP contribution is -2.45. The number of amidine groups is 1. The number of nitrogens with two attached hydrogens (primary N) is 1. The number of nitrogens with zero attached hydrogens (tertiary/aromatic N) is 5. The molecule has 1 aromatic carbocycles. The molecule has 0 radical (unpaired) electrons. The molecule has 2 unspecified atom stereocenters. The molecule has 36 heavy (non-hydrogen) atoms. The third kappa shape index (κ3) is 5.98. The standard InChI is InChI=1S/C21H20N8O4S3/c1-2-33-20(24-13-5-8-15(9-6-13)36(23,31)32)25-18-17(12-22)35-21-27-26-16(19(30)29(21)28-18)10-7-14-4-3-11-34-14/h3-11,17,20,24H,2H2,1H3,(H,25,28)(H2,23,31,32). The lowest BCUT2D eigenvalue weighted by atomic mass is 10.3. The quantitative estimate of drug-likeness (QED) is 0.355. The van der Waals surface area contributed by atoms with Crippen molar-refractivity contribution < 1.29 is 13.2 Å². The van der Waals surface area contributed by atoms with Gasteiger partial charge >= 0.3 is 0 Å². The molecule has 1 aliphatic heterocycles. The van der Waals surface area contributed by atoms with E-state index in [9.17, 15) is 18.5 Å². The van der Waals surface area contributed by atoms with Crippen molar-refractivity contribution in [2.24, 2.45) is 10.1 Å². The predicted molar refractivity (Wildman–Crippen MR) is 138 cm³/mol. The molecular weight excluding hydrogens is 524 g/mol. The summed E-state index contributed by atoms with van der Waals surface area (Å²) < 4.78 is 29.8. The number of nitrogens with one attached hydrogen (secondary N) is 2. The highest BCUT2D eigenvalue weighted by molar-refractivity contribution is 8.00. The summed E-state index contributed by atoms with van der Waals surface area (Å²) in [7, 11) is -3.83. The van der Waals surface area contributed by atoms with Crippen LogP contribution in [0.4, 0.5) is 5.69 Å². The third-order valence-corrected chi connectivity index (χ3v) is 7.48. The zero-order valence-electron chi connectivity index (χ0n) is 18.7. The van der Waals surface area contributed by atoms with Crippen molar-refractivity contribution in [2.45, 2.75) is 28.6 Å². The number of hydrogen-bond donors (Lipinski definition) is 3. The molecule has 12 nitrogen and oxygen atoms in total. The van der Waals surface area contributed by atoms with E-state index in [1.54, 1.807) is 19.1 Å². The Morgan fingerprint density at radius 2 is 2.11 bits per heavy atom. The topological polar surface area (TPSA) is 177 Å². The van der Waals surface area contributed by atoms with E-state index < -0.39 is 27.2 Å². The molecule has 4 rings (SSSR count). The maximum Gasteiger partial charge on any atom is 0.299 e. The molecular formula is C21H20N8O4S3. The minimum Gasteiger partial charge on any atom is -0.341 e. The SMILES string of the molecule is CCOC(/N=C1\Nn2c(nnc(C=Cc3cccs3)c2=O)SC1C#N)Nc1ccc(S(N)(=O)=O)cc1. The number of nitriles is 1. The Bertz CT molecular complexity index is 1490. The summed E-state index contributed by atoms with van der Waals surface area (Å²) in [5.41, 5.74) is 3.03. The largest absolute Gasteiger partial charge is 0.341 e. The molecule has 0 spiro atoms. The van der Waals surface area contributed by atoms with Crippen molar-refractivity contribution in [3.63, 3.8) is 0 Å². The van der Waals surface area contributed by atoms with E-state index in [2.05, 4.69) is 32.0 Å². The Morgan fingerprint density at radius 1 is 1.33 bits per heavy atom. The second-order valence-corrected chi connectivity index (χ2v) is 10.7. The van der Waals surface area contributed by atoms with Crippen LogP contribution in [-0.4, -0.2) is 47.3 Å². The summed E-state index contributed by atoms with van der Waals surface area (Å²) in [6.07, 6.45) is 2.39. The van der Waals surface area contributed by atoms with Crippen LogP contribution in [0.25, 0.3) is 12.2 Å². The summed E-state index contributed by atoms with van der Waals surface area (Å²) in [4.78, 5) is 18.4. The van der Waals surface area contributed by atoms with Crippen molar-refractivity contribution >= 4 is 56.8 Å². The van der Waals surface area contributed by atoms with E-state index in [-0.39, 0.29) is 28.2 Å². The number of thioether (sulfide) groups is 1. The van der Waals surface area contributed by atoms with Gasteiger partial charge in [0.05, 0.1) is 11.0 Å². The Balaban J connectivity index is 1.61. The van der Waals surface area contributed by atoms with Gasteiger partial charge in [-0.1, -0.05) is 17.8 Å². The molecule has 3 heterocycles. The Hall–Kier alpha value is -3.55. The smallest absolute Gasteiger partial charge is 0.299 e. The first-order valence-corrected chi connectivity index (χ1v) is 13.7. The number of aromatic nitrogens is 3. The van der Waals surface area contributed by atoms with Gasteiger partial charge in [-0.3, -0.25) is 10.2 Å². The van der Waals surface area contributed by atoms with Crippen LogP contribution in [0.15, 0.2) is 61.6 Å². The monoisotopic (exact) mass is 544 g/mol. The number of aliphatic imine (C=N–C) groups is 1. The van der Waals surface area contributed by atoms with Gasteiger partial charge in [-0.15, -0.1) is 21.5 Å². The van der Waals surface area contributed by atoms with Crippen LogP contribution in [0.5, 0.6) is 0 Å². The van der Waals surface area contributed by atoms with Gasteiger partial charge in [0.1, 0.15) is 5.84 Å². The van der Waals surface area contributed by atoms with Gasteiger partial charge in [0.25, 0.3) is 5.56 Å². The maximum atomic E-state index is 13.0. The Morgan fingerprint density at radius 3 is 2.75 bits per heavy atom. The molecule has 1 aliphatic rings. The summed E-state index contributed by atoms with van der Waals surface area (Å²) in [5, 5.41) is 27.2. The number of sulfonamides is 1. The summed E-state index contributed by atoms with van der Waals surface area (Å²) in [6.45, 7) is 2.05. The number of hydrogen-bond acceptors (Lipinski definition) is 11. The number of fused-ring (bicyclic) bond motifs is 1. The van der Waals surface area contributed by atoms with Crippen LogP contribution in [-0.2, 0) is 14.8 Å². The fraction of sp³-hybridized carbons (Fsp3) is 0.190. The van der Waals surface area contributed by atoms with Crippen LogP contribution >= 0.6 is 23.1 Å². The molecule has 0 saturated heterocycles. The second-order valence-electron chi connectivity index (χ2n) is 7.13. The lowest BCUT2D eigenvalue weighted by molar-refractivity contribution is 0.0892. The highest BCUT2D eigenvalue weighted by Gasteiger charge is 2.29. The number of benzene rings is 1. The van der Waals surface area contributed by atoms with Crippen LogP contribution < -0.4 is 21.4 Å². The summed E-state index contributed by atoms with van der Waals surface area (Å²) in [5.74, 6) is 0.172. The fourth-order valence-electron chi connectivity index (χ4n) is 3.01. The molecule has 15 heteroatoms. The Kier molecular flexibility index (Phi) is 7.82. The number of ether oxygens (including phenoxy) is 1. The van der Waals surface area contributed by atoms with Gasteiger partial charge in [-0.2, -0.15) is 9.94 Å². The van der Waals surface area contributed by atoms with E-state index in [4.69, 9.17) is 9.88 Å². The lowest BCUT2D eigenvalue weighted by Gasteiger charge is -2.25. The first-order valence-electron chi connectivity index (χ1n) is 10.4. The molecule has 186 valence electrons. The molecule has 2 atom stereocenters. The number of primary sulfonamides is 1. The summed E-state index contributed by atoms with van der Waals surface area (Å²) >= 11 is 2.54. The summed E-state index contributed by atoms with van der Waals surface area (Å²) in [6, 6.07) is 11.6. The van der Waals surface area contributed by atoms with E-state index >= 15 is 0 Å². The van der Waals surface area contributed by atoms with E-state index in [1.165, 1.54) is 40.3 Å². The van der Waals surface area contributed by atoms with Gasteiger partial charge in [-0.25, -0.2) is 18.5 Å². The minimum absolute atomic E-state index is 0.0387. The highest BCUT2D eigenvalue weighted by atomic mass is 32.2. The van der Waals surface area contributed by atoms with Crippen LogP contribution in [0.3, 0.4) is 0 Å². The average molecular weight is 545 g/mol. The molecule has 0 bridgehead atoms. The van der Waals surface area contributed by atoms with Gasteiger partial charge in [0, 0.05) is 17.2 Å². The third-order valence-electron chi connectivity index (χ3n) is 4.67. The van der Waals surface area contributed by atoms with Crippen molar-refractivity contribution in [1.29, 1.82) is 5.26 Å². The zero-order chi connectivity index (χ0) is 25.7. The van der Waals surface area contributed by atoms with Crippen molar-refractivity contribution in [3.05, 3.63) is 62.7 Å². The van der Waals surface area contributed by atoms with Gasteiger partial charge < -0.3 is 10.1 Å². The van der Waals surface area contributed by atoms with Gasteiger partial charge in [0.15, 0.2) is 10.9 Å². The minimum atomic E-state index is -3.83. The van der Waals surface area contributed by atoms with Crippen LogP contribution in [0, 0.1) is 11.3 Å². The van der Waals surface area contributed by atoms with E-state index in [1.807, 2.05) is 17.5 Å². The second kappa shape index (κ2) is 11.0. The molecule has 0 fully saturated rings. The molecule has 0 amide bonds. The van der Waals surface area contributed by atoms with Crippen molar-refractivity contribution in [2.75, 3.05) is 17.3 Å². The van der Waals surface area contributed by atoms with E-state index in [0.717, 1.165) is 16.6 Å². The molecule has 4 N–H and O–H groups in total. The van der Waals surface area contributed by atoms with Gasteiger partial charge in [0.2, 0.25) is 21.5 Å². The highest BCUT2D eigenvalue weighted by Crippen LogP contribution is 2.25. The average Bonchev–Trinajstić information content (AvgIpc) is 3.37. The normalized spacial score (nSPS) is 17.4. The number of rotatable bonds is 8.